The van der Waals surface area contributed by atoms with Gasteiger partial charge in [-0.15, -0.1) is 0 Å². The quantitative estimate of drug-likeness (QED) is 0.482. The lowest BCUT2D eigenvalue weighted by Crippen LogP contribution is -2.01. The Bertz CT molecular complexity index is 1230. The van der Waals surface area contributed by atoms with Crippen LogP contribution in [0.25, 0.3) is 22.6 Å². The first-order valence-corrected chi connectivity index (χ1v) is 8.94. The first-order valence-electron chi connectivity index (χ1n) is 8.94. The van der Waals surface area contributed by atoms with Crippen molar-refractivity contribution in [1.29, 1.82) is 0 Å². The Morgan fingerprint density at radius 1 is 0.963 bits per heavy atom. The van der Waals surface area contributed by atoms with E-state index in [1.165, 1.54) is 0 Å². The lowest BCUT2D eigenvalue weighted by molar-refractivity contribution is 0.660. The van der Waals surface area contributed by atoms with E-state index >= 15 is 0 Å². The average Bonchev–Trinajstić information content (AvgIpc) is 3.44. The molecule has 0 aliphatic heterocycles. The molecule has 0 saturated carbocycles. The van der Waals surface area contributed by atoms with Crippen molar-refractivity contribution in [3.8, 4) is 11.3 Å². The van der Waals surface area contributed by atoms with Gasteiger partial charge in [0.15, 0.2) is 11.3 Å². The molecule has 0 spiro atoms. The summed E-state index contributed by atoms with van der Waals surface area (Å²) in [6.07, 6.45) is 14.7. The van der Waals surface area contributed by atoms with Crippen molar-refractivity contribution in [1.82, 2.24) is 38.7 Å². The van der Waals surface area contributed by atoms with Gasteiger partial charge in [-0.25, -0.2) is 14.5 Å². The van der Waals surface area contributed by atoms with Gasteiger partial charge in [0.25, 0.3) is 0 Å². The molecule has 5 aromatic rings. The fourth-order valence-corrected chi connectivity index (χ4v) is 3.38. The van der Waals surface area contributed by atoms with E-state index in [4.69, 9.17) is 0 Å². The first-order chi connectivity index (χ1) is 13.3. The van der Waals surface area contributed by atoms with E-state index in [9.17, 15) is 0 Å². The van der Waals surface area contributed by atoms with Crippen LogP contribution < -0.4 is 0 Å². The summed E-state index contributed by atoms with van der Waals surface area (Å²) in [4.78, 5) is 13.5. The minimum atomic E-state index is 0.779. The predicted octanol–water partition coefficient (Wildman–Crippen LogP) is 2.44. The SMILES string of the molecule is CCn1cc(-c2cnc3c(CCc4cccn5ncnc45)nccn23)cn1. The largest absolute Gasteiger partial charge is 0.296 e. The van der Waals surface area contributed by atoms with Gasteiger partial charge in [0.1, 0.15) is 6.33 Å². The Morgan fingerprint density at radius 2 is 1.93 bits per heavy atom. The van der Waals surface area contributed by atoms with Crippen LogP contribution in [-0.2, 0) is 19.4 Å². The molecule has 27 heavy (non-hydrogen) atoms. The van der Waals surface area contributed by atoms with Gasteiger partial charge < -0.3 is 0 Å². The van der Waals surface area contributed by atoms with E-state index < -0.39 is 0 Å². The van der Waals surface area contributed by atoms with E-state index in [1.54, 1.807) is 10.8 Å². The summed E-state index contributed by atoms with van der Waals surface area (Å²) < 4.78 is 5.79. The van der Waals surface area contributed by atoms with E-state index in [0.29, 0.717) is 0 Å². The number of nitrogens with zero attached hydrogens (tertiary/aromatic N) is 8. The van der Waals surface area contributed by atoms with Crippen molar-refractivity contribution >= 4 is 11.3 Å². The van der Waals surface area contributed by atoms with Gasteiger partial charge in [-0.2, -0.15) is 10.2 Å². The molecule has 0 atom stereocenters. The van der Waals surface area contributed by atoms with Crippen molar-refractivity contribution in [2.75, 3.05) is 0 Å². The molecule has 0 radical (unpaired) electrons. The highest BCUT2D eigenvalue weighted by Gasteiger charge is 2.12. The Labute approximate surface area is 155 Å². The highest BCUT2D eigenvalue weighted by Crippen LogP contribution is 2.22. The lowest BCUT2D eigenvalue weighted by Gasteiger charge is -2.05. The zero-order valence-electron chi connectivity index (χ0n) is 14.9. The van der Waals surface area contributed by atoms with Crippen LogP contribution in [0.15, 0.2) is 55.6 Å². The van der Waals surface area contributed by atoms with Crippen molar-refractivity contribution in [3.63, 3.8) is 0 Å². The Hall–Kier alpha value is -3.55. The average molecular weight is 358 g/mol. The molecule has 0 N–H and O–H groups in total. The summed E-state index contributed by atoms with van der Waals surface area (Å²) in [7, 11) is 0. The summed E-state index contributed by atoms with van der Waals surface area (Å²) in [5.74, 6) is 0. The molecule has 0 aliphatic rings. The summed E-state index contributed by atoms with van der Waals surface area (Å²) in [5, 5.41) is 8.56. The molecule has 5 aromatic heterocycles. The normalized spacial score (nSPS) is 11.6. The monoisotopic (exact) mass is 358 g/mol. The second-order valence-corrected chi connectivity index (χ2v) is 6.36. The van der Waals surface area contributed by atoms with Gasteiger partial charge in [0, 0.05) is 36.9 Å². The highest BCUT2D eigenvalue weighted by molar-refractivity contribution is 5.63. The number of pyridine rings is 1. The van der Waals surface area contributed by atoms with Gasteiger partial charge in [-0.1, -0.05) is 6.07 Å². The molecular formula is C19H18N8. The molecule has 0 fully saturated rings. The highest BCUT2D eigenvalue weighted by atomic mass is 15.3. The maximum Gasteiger partial charge on any atom is 0.159 e. The first kappa shape index (κ1) is 15.7. The van der Waals surface area contributed by atoms with Crippen LogP contribution in [0.2, 0.25) is 0 Å². The van der Waals surface area contributed by atoms with Gasteiger partial charge >= 0.3 is 0 Å². The van der Waals surface area contributed by atoms with Crippen molar-refractivity contribution in [2.45, 2.75) is 26.3 Å². The third-order valence-electron chi connectivity index (χ3n) is 4.77. The number of fused-ring (bicyclic) bond motifs is 2. The third kappa shape index (κ3) is 2.66. The molecule has 8 nitrogen and oxygen atoms in total. The molecule has 5 heterocycles. The number of aryl methyl sites for hydroxylation is 3. The molecule has 0 aromatic carbocycles. The van der Waals surface area contributed by atoms with Gasteiger partial charge in [-0.3, -0.25) is 14.1 Å². The van der Waals surface area contributed by atoms with Gasteiger partial charge in [0.2, 0.25) is 0 Å². The molecule has 5 rings (SSSR count). The van der Waals surface area contributed by atoms with Crippen LogP contribution in [0.4, 0.5) is 0 Å². The Morgan fingerprint density at radius 3 is 2.81 bits per heavy atom. The number of aromatic nitrogens is 8. The minimum absolute atomic E-state index is 0.779. The zero-order chi connectivity index (χ0) is 18.2. The van der Waals surface area contributed by atoms with Crippen LogP contribution in [0.5, 0.6) is 0 Å². The van der Waals surface area contributed by atoms with E-state index in [0.717, 1.165) is 53.2 Å². The number of hydrogen-bond donors (Lipinski definition) is 0. The third-order valence-corrected chi connectivity index (χ3v) is 4.77. The van der Waals surface area contributed by atoms with Gasteiger partial charge in [-0.05, 0) is 31.4 Å². The number of hydrogen-bond acceptors (Lipinski definition) is 5. The molecule has 134 valence electrons. The Kier molecular flexibility index (Phi) is 3.67. The van der Waals surface area contributed by atoms with Crippen molar-refractivity contribution in [2.24, 2.45) is 0 Å². The minimum Gasteiger partial charge on any atom is -0.296 e. The van der Waals surface area contributed by atoms with Gasteiger partial charge in [0.05, 0.1) is 23.8 Å². The number of rotatable bonds is 5. The smallest absolute Gasteiger partial charge is 0.159 e. The van der Waals surface area contributed by atoms with Crippen molar-refractivity contribution in [3.05, 3.63) is 66.9 Å². The molecule has 8 heteroatoms. The molecular weight excluding hydrogens is 340 g/mol. The predicted molar refractivity (Wildman–Crippen MR) is 100 cm³/mol. The standard InChI is InChI=1S/C19H18N8/c1-2-25-12-15(10-23-25)17-11-21-19-16(20-7-9-26(17)19)6-5-14-4-3-8-27-18(14)22-13-24-27/h3-4,7-13H,2,5-6H2,1H3. The fourth-order valence-electron chi connectivity index (χ4n) is 3.38. The van der Waals surface area contributed by atoms with Crippen molar-refractivity contribution < 1.29 is 0 Å². The van der Waals surface area contributed by atoms with E-state index in [-0.39, 0.29) is 0 Å². The second kappa shape index (κ2) is 6.31. The molecule has 0 saturated heterocycles. The molecule has 0 aliphatic carbocycles. The Balaban J connectivity index is 1.48. The van der Waals surface area contributed by atoms with Crippen LogP contribution in [0.3, 0.4) is 0 Å². The molecule has 0 unspecified atom stereocenters. The lowest BCUT2D eigenvalue weighted by atomic mass is 10.1. The summed E-state index contributed by atoms with van der Waals surface area (Å²) in [6.45, 7) is 2.92. The van der Waals surface area contributed by atoms with Crippen LogP contribution in [0.1, 0.15) is 18.2 Å². The number of imidazole rings is 1. The zero-order valence-corrected chi connectivity index (χ0v) is 14.9. The van der Waals surface area contributed by atoms with E-state index in [1.807, 2.05) is 47.9 Å². The summed E-state index contributed by atoms with van der Waals surface area (Å²) in [5.41, 5.74) is 5.95. The molecule has 0 bridgehead atoms. The molecule has 0 amide bonds. The second-order valence-electron chi connectivity index (χ2n) is 6.36. The van der Waals surface area contributed by atoms with Crippen LogP contribution in [-0.4, -0.2) is 38.7 Å². The fraction of sp³-hybridized carbons (Fsp3) is 0.211. The van der Waals surface area contributed by atoms with E-state index in [2.05, 4.69) is 42.5 Å². The van der Waals surface area contributed by atoms with Crippen LogP contribution in [0, 0.1) is 0 Å². The maximum absolute atomic E-state index is 4.62. The summed E-state index contributed by atoms with van der Waals surface area (Å²) in [6, 6.07) is 4.07. The van der Waals surface area contributed by atoms with Crippen LogP contribution >= 0.6 is 0 Å². The summed E-state index contributed by atoms with van der Waals surface area (Å²) >= 11 is 0. The maximum atomic E-state index is 4.62. The topological polar surface area (TPSA) is 78.2 Å².